The van der Waals surface area contributed by atoms with Crippen molar-refractivity contribution in [1.29, 1.82) is 0 Å². The number of rotatable bonds is 6. The Balaban J connectivity index is 1.000. The summed E-state index contributed by atoms with van der Waals surface area (Å²) in [6.07, 6.45) is 0. The van der Waals surface area contributed by atoms with Gasteiger partial charge in [0.25, 0.3) is 0 Å². The van der Waals surface area contributed by atoms with E-state index in [0.717, 1.165) is 22.7 Å². The summed E-state index contributed by atoms with van der Waals surface area (Å²) >= 11 is 0. The number of aromatic nitrogens is 1. The van der Waals surface area contributed by atoms with Gasteiger partial charge in [0.15, 0.2) is 0 Å². The molecule has 0 saturated carbocycles. The smallest absolute Gasteiger partial charge is 0.0541 e. The Hall–Kier alpha value is -7.94. The van der Waals surface area contributed by atoms with E-state index in [1.54, 1.807) is 0 Å². The van der Waals surface area contributed by atoms with Gasteiger partial charge < -0.3 is 9.47 Å². The third-order valence-corrected chi connectivity index (χ3v) is 12.3. The van der Waals surface area contributed by atoms with Crippen molar-refractivity contribution in [3.8, 4) is 27.9 Å². The average Bonchev–Trinajstić information content (AvgIpc) is 3.66. The summed E-state index contributed by atoms with van der Waals surface area (Å²) in [7, 11) is 0. The number of para-hydroxylation sites is 2. The quantitative estimate of drug-likeness (QED) is 0.153. The molecule has 0 aliphatic rings. The molecule has 0 saturated heterocycles. The lowest BCUT2D eigenvalue weighted by atomic mass is 9.88. The Morgan fingerprint density at radius 1 is 0.283 bits per heavy atom. The van der Waals surface area contributed by atoms with Gasteiger partial charge in [-0.05, 0) is 132 Å². The molecule has 11 aromatic carbocycles. The molecule has 0 fully saturated rings. The summed E-state index contributed by atoms with van der Waals surface area (Å²) in [5, 5.41) is 12.7. The first-order valence-electron chi connectivity index (χ1n) is 20.7. The van der Waals surface area contributed by atoms with E-state index >= 15 is 0 Å². The van der Waals surface area contributed by atoms with E-state index in [4.69, 9.17) is 0 Å². The summed E-state index contributed by atoms with van der Waals surface area (Å²) in [5.41, 5.74) is 11.7. The SMILES string of the molecule is c1ccc(-c2ccc(N(c3ccc(-c4cc5ccccc5c5c4ccc4ccc6ccccc6c45)cc3)c3ccc(-n4c5ccccc5c5ccccc54)cc3)cc2)cc1. The highest BCUT2D eigenvalue weighted by Crippen LogP contribution is 2.43. The predicted octanol–water partition coefficient (Wildman–Crippen LogP) is 16.2. The minimum atomic E-state index is 1.09. The Kier molecular flexibility index (Phi) is 7.89. The summed E-state index contributed by atoms with van der Waals surface area (Å²) < 4.78 is 2.38. The van der Waals surface area contributed by atoms with Crippen LogP contribution in [-0.2, 0) is 0 Å². The fourth-order valence-electron chi connectivity index (χ4n) is 9.55. The minimum Gasteiger partial charge on any atom is -0.311 e. The van der Waals surface area contributed by atoms with E-state index in [9.17, 15) is 0 Å². The van der Waals surface area contributed by atoms with Crippen molar-refractivity contribution < 1.29 is 0 Å². The number of hydrogen-bond acceptors (Lipinski definition) is 1. The Morgan fingerprint density at radius 2 is 0.750 bits per heavy atom. The fraction of sp³-hybridized carbons (Fsp3) is 0. The molecular weight excluding hydrogens is 725 g/mol. The molecule has 0 radical (unpaired) electrons. The third kappa shape index (κ3) is 5.50. The van der Waals surface area contributed by atoms with E-state index in [1.807, 2.05) is 0 Å². The largest absolute Gasteiger partial charge is 0.311 e. The zero-order chi connectivity index (χ0) is 39.6. The van der Waals surface area contributed by atoms with Crippen molar-refractivity contribution in [3.63, 3.8) is 0 Å². The number of hydrogen-bond donors (Lipinski definition) is 0. The van der Waals surface area contributed by atoms with E-state index in [0.29, 0.717) is 0 Å². The second kappa shape index (κ2) is 13.9. The molecule has 0 atom stereocenters. The van der Waals surface area contributed by atoms with Crippen LogP contribution in [-0.4, -0.2) is 4.57 Å². The number of benzene rings is 11. The maximum atomic E-state index is 2.38. The van der Waals surface area contributed by atoms with E-state index in [1.165, 1.54) is 87.1 Å². The molecule has 0 aliphatic heterocycles. The highest BCUT2D eigenvalue weighted by molar-refractivity contribution is 6.29. The van der Waals surface area contributed by atoms with Crippen molar-refractivity contribution in [2.75, 3.05) is 4.90 Å². The predicted molar refractivity (Wildman–Crippen MR) is 256 cm³/mol. The van der Waals surface area contributed by atoms with Gasteiger partial charge in [0.2, 0.25) is 0 Å². The van der Waals surface area contributed by atoms with Crippen LogP contribution in [0.1, 0.15) is 0 Å². The Labute approximate surface area is 348 Å². The van der Waals surface area contributed by atoms with Gasteiger partial charge >= 0.3 is 0 Å². The number of fused-ring (bicyclic) bond motifs is 10. The molecule has 0 amide bonds. The van der Waals surface area contributed by atoms with Gasteiger partial charge in [-0.2, -0.15) is 0 Å². The van der Waals surface area contributed by atoms with Gasteiger partial charge in [0.05, 0.1) is 11.0 Å². The molecule has 60 heavy (non-hydrogen) atoms. The van der Waals surface area contributed by atoms with Crippen molar-refractivity contribution in [1.82, 2.24) is 4.57 Å². The maximum Gasteiger partial charge on any atom is 0.0541 e. The van der Waals surface area contributed by atoms with Gasteiger partial charge in [-0.1, -0.05) is 164 Å². The fourth-order valence-corrected chi connectivity index (χ4v) is 9.55. The minimum absolute atomic E-state index is 1.09. The first-order chi connectivity index (χ1) is 29.8. The Bertz CT molecular complexity index is 3510. The number of anilines is 3. The second-order valence-corrected chi connectivity index (χ2v) is 15.7. The summed E-state index contributed by atoms with van der Waals surface area (Å²) in [6, 6.07) is 84.2. The zero-order valence-electron chi connectivity index (χ0n) is 32.8. The summed E-state index contributed by atoms with van der Waals surface area (Å²) in [6.45, 7) is 0. The molecule has 2 heteroatoms. The molecule has 0 spiro atoms. The van der Waals surface area contributed by atoms with Crippen molar-refractivity contribution in [3.05, 3.63) is 231 Å². The van der Waals surface area contributed by atoms with Crippen molar-refractivity contribution >= 4 is 82.0 Å². The van der Waals surface area contributed by atoms with Gasteiger partial charge in [-0.15, -0.1) is 0 Å². The molecular formula is C58H38N2. The van der Waals surface area contributed by atoms with Crippen LogP contribution in [0.3, 0.4) is 0 Å². The molecule has 0 N–H and O–H groups in total. The summed E-state index contributed by atoms with van der Waals surface area (Å²) in [4.78, 5) is 2.37. The lowest BCUT2D eigenvalue weighted by Crippen LogP contribution is -2.10. The van der Waals surface area contributed by atoms with Crippen LogP contribution in [0.4, 0.5) is 17.1 Å². The molecule has 0 unspecified atom stereocenters. The molecule has 1 heterocycles. The monoisotopic (exact) mass is 762 g/mol. The van der Waals surface area contributed by atoms with Crippen molar-refractivity contribution in [2.24, 2.45) is 0 Å². The molecule has 0 bridgehead atoms. The third-order valence-electron chi connectivity index (χ3n) is 12.3. The molecule has 2 nitrogen and oxygen atoms in total. The van der Waals surface area contributed by atoms with Crippen LogP contribution in [0.15, 0.2) is 231 Å². The molecule has 12 rings (SSSR count). The highest BCUT2D eigenvalue weighted by atomic mass is 15.1. The highest BCUT2D eigenvalue weighted by Gasteiger charge is 2.18. The van der Waals surface area contributed by atoms with Crippen LogP contribution in [0.5, 0.6) is 0 Å². The first kappa shape index (κ1) is 34.1. The van der Waals surface area contributed by atoms with Gasteiger partial charge in [-0.3, -0.25) is 0 Å². The molecule has 12 aromatic rings. The maximum absolute atomic E-state index is 2.38. The molecule has 280 valence electrons. The standard InChI is InChI=1S/C58H38N2/c1-2-12-39(13-3-1)40-24-29-45(30-25-40)59(47-33-35-48(36-34-47)60-55-20-10-8-18-51(55)52-19-9-11-21-56(52)60)46-31-26-42(27-32-46)54-38-44-15-5-7-17-50(44)58-53(54)37-28-43-23-22-41-14-4-6-16-49(41)57(43)58/h1-38H. The average molecular weight is 763 g/mol. The topological polar surface area (TPSA) is 8.17 Å². The van der Waals surface area contributed by atoms with Crippen LogP contribution in [0.2, 0.25) is 0 Å². The van der Waals surface area contributed by atoms with Crippen molar-refractivity contribution in [2.45, 2.75) is 0 Å². The van der Waals surface area contributed by atoms with E-state index in [2.05, 4.69) is 240 Å². The molecule has 1 aromatic heterocycles. The lowest BCUT2D eigenvalue weighted by molar-refractivity contribution is 1.17. The van der Waals surface area contributed by atoms with Gasteiger partial charge in [0, 0.05) is 33.5 Å². The number of nitrogens with zero attached hydrogens (tertiary/aromatic N) is 2. The summed E-state index contributed by atoms with van der Waals surface area (Å²) in [5.74, 6) is 0. The van der Waals surface area contributed by atoms with E-state index in [-0.39, 0.29) is 0 Å². The normalized spacial score (nSPS) is 11.7. The van der Waals surface area contributed by atoms with Gasteiger partial charge in [-0.25, -0.2) is 0 Å². The van der Waals surface area contributed by atoms with Crippen LogP contribution >= 0.6 is 0 Å². The van der Waals surface area contributed by atoms with Crippen LogP contribution in [0.25, 0.3) is 92.8 Å². The Morgan fingerprint density at radius 3 is 1.40 bits per heavy atom. The van der Waals surface area contributed by atoms with Crippen LogP contribution < -0.4 is 4.90 Å². The lowest BCUT2D eigenvalue weighted by Gasteiger charge is -2.26. The molecule has 0 aliphatic carbocycles. The van der Waals surface area contributed by atoms with E-state index < -0.39 is 0 Å². The first-order valence-corrected chi connectivity index (χ1v) is 20.7. The zero-order valence-corrected chi connectivity index (χ0v) is 32.8. The van der Waals surface area contributed by atoms with Crippen LogP contribution in [0, 0.1) is 0 Å². The van der Waals surface area contributed by atoms with Gasteiger partial charge in [0.1, 0.15) is 0 Å². The second-order valence-electron chi connectivity index (χ2n) is 15.7.